The molecule has 2 N–H and O–H groups in total. The lowest BCUT2D eigenvalue weighted by Gasteiger charge is -2.19. The van der Waals surface area contributed by atoms with Crippen molar-refractivity contribution in [3.63, 3.8) is 0 Å². The summed E-state index contributed by atoms with van der Waals surface area (Å²) in [5.74, 6) is 1.28. The Morgan fingerprint density at radius 1 is 1.30 bits per heavy atom. The molecule has 0 amide bonds. The highest BCUT2D eigenvalue weighted by Gasteiger charge is 2.22. The lowest BCUT2D eigenvalue weighted by molar-refractivity contribution is 0.0698. The second-order valence-corrected chi connectivity index (χ2v) is 6.77. The van der Waals surface area contributed by atoms with Gasteiger partial charge >= 0.3 is 0 Å². The Morgan fingerprint density at radius 2 is 2.11 bits per heavy atom. The molecule has 1 aromatic rings. The van der Waals surface area contributed by atoms with E-state index in [9.17, 15) is 4.39 Å². The summed E-state index contributed by atoms with van der Waals surface area (Å²) in [5, 5.41) is 6.51. The molecule has 27 heavy (non-hydrogen) atoms. The number of halogens is 1. The van der Waals surface area contributed by atoms with Gasteiger partial charge in [0.2, 0.25) is 0 Å². The lowest BCUT2D eigenvalue weighted by Crippen LogP contribution is -2.39. The number of nitrogens with zero attached hydrogens (tertiary/aromatic N) is 1. The summed E-state index contributed by atoms with van der Waals surface area (Å²) >= 11 is 0. The van der Waals surface area contributed by atoms with Crippen LogP contribution < -0.4 is 15.4 Å². The molecule has 0 aliphatic heterocycles. The third kappa shape index (κ3) is 8.13. The zero-order chi connectivity index (χ0) is 19.5. The first-order chi connectivity index (χ1) is 13.1. The van der Waals surface area contributed by atoms with Gasteiger partial charge in [-0.05, 0) is 49.8 Å². The number of hydrogen-bond donors (Lipinski definition) is 2. The summed E-state index contributed by atoms with van der Waals surface area (Å²) in [4.78, 5) is 4.21. The highest BCUT2D eigenvalue weighted by Crippen LogP contribution is 2.30. The molecule has 0 heterocycles. The van der Waals surface area contributed by atoms with Gasteiger partial charge in [0.25, 0.3) is 0 Å². The third-order valence-electron chi connectivity index (χ3n) is 4.39. The number of methoxy groups -OCH3 is 1. The predicted molar refractivity (Wildman–Crippen MR) is 105 cm³/mol. The Kier molecular flexibility index (Phi) is 9.35. The van der Waals surface area contributed by atoms with Gasteiger partial charge in [0, 0.05) is 27.3 Å². The molecule has 1 atom stereocenters. The van der Waals surface area contributed by atoms with Gasteiger partial charge in [0.05, 0.1) is 25.9 Å². The van der Waals surface area contributed by atoms with Gasteiger partial charge in [0.15, 0.2) is 17.5 Å². The molecule has 0 bridgehead atoms. The van der Waals surface area contributed by atoms with Crippen LogP contribution in [0.1, 0.15) is 37.8 Å². The van der Waals surface area contributed by atoms with E-state index in [0.717, 1.165) is 18.5 Å². The van der Waals surface area contributed by atoms with E-state index in [4.69, 9.17) is 14.2 Å². The number of guanidine groups is 1. The minimum atomic E-state index is -0.321. The molecule has 152 valence electrons. The van der Waals surface area contributed by atoms with Crippen LogP contribution in [0, 0.1) is 11.7 Å². The molecule has 0 aromatic heterocycles. The number of rotatable bonds is 12. The molecule has 1 aliphatic carbocycles. The monoisotopic (exact) mass is 381 g/mol. The first-order valence-electron chi connectivity index (χ1n) is 9.60. The van der Waals surface area contributed by atoms with Crippen molar-refractivity contribution in [2.45, 2.75) is 32.2 Å². The molecule has 2 rings (SSSR count). The van der Waals surface area contributed by atoms with Gasteiger partial charge in [-0.2, -0.15) is 0 Å². The number of benzene rings is 1. The van der Waals surface area contributed by atoms with Crippen LogP contribution >= 0.6 is 0 Å². The summed E-state index contributed by atoms with van der Waals surface area (Å²) < 4.78 is 30.2. The molecular formula is C20H32FN3O3. The predicted octanol–water partition coefficient (Wildman–Crippen LogP) is 2.89. The highest BCUT2D eigenvalue weighted by molar-refractivity contribution is 5.80. The van der Waals surface area contributed by atoms with E-state index >= 15 is 0 Å². The molecule has 0 saturated heterocycles. The molecule has 0 radical (unpaired) electrons. The minimum absolute atomic E-state index is 0.0823. The molecule has 1 aromatic carbocycles. The van der Waals surface area contributed by atoms with Crippen LogP contribution in [0.3, 0.4) is 0 Å². The molecule has 7 heteroatoms. The molecule has 6 nitrogen and oxygen atoms in total. The highest BCUT2D eigenvalue weighted by atomic mass is 19.1. The average Bonchev–Trinajstić information content (AvgIpc) is 3.49. The summed E-state index contributed by atoms with van der Waals surface area (Å²) in [6, 6.07) is 5.04. The van der Waals surface area contributed by atoms with Crippen molar-refractivity contribution in [3.05, 3.63) is 29.6 Å². The van der Waals surface area contributed by atoms with Gasteiger partial charge < -0.3 is 24.8 Å². The Morgan fingerprint density at radius 3 is 2.78 bits per heavy atom. The maximum atomic E-state index is 14.3. The molecule has 1 unspecified atom stereocenters. The Bertz CT molecular complexity index is 594. The normalized spacial score (nSPS) is 15.5. The van der Waals surface area contributed by atoms with Crippen molar-refractivity contribution in [2.75, 3.05) is 47.1 Å². The maximum absolute atomic E-state index is 14.3. The third-order valence-corrected chi connectivity index (χ3v) is 4.39. The van der Waals surface area contributed by atoms with E-state index in [1.807, 2.05) is 13.0 Å². The average molecular weight is 381 g/mol. The Hall–Kier alpha value is -1.86. The molecule has 1 saturated carbocycles. The van der Waals surface area contributed by atoms with E-state index in [2.05, 4.69) is 15.6 Å². The van der Waals surface area contributed by atoms with Gasteiger partial charge in [-0.1, -0.05) is 6.07 Å². The zero-order valence-corrected chi connectivity index (χ0v) is 16.6. The largest absolute Gasteiger partial charge is 0.490 e. The second kappa shape index (κ2) is 11.8. The van der Waals surface area contributed by atoms with Crippen molar-refractivity contribution < 1.29 is 18.6 Å². The van der Waals surface area contributed by atoms with Gasteiger partial charge in [-0.15, -0.1) is 0 Å². The summed E-state index contributed by atoms with van der Waals surface area (Å²) in [6.45, 7) is 5.19. The molecule has 1 aliphatic rings. The van der Waals surface area contributed by atoms with Crippen LogP contribution in [0.4, 0.5) is 4.39 Å². The summed E-state index contributed by atoms with van der Waals surface area (Å²) in [7, 11) is 3.37. The fraction of sp³-hybridized carbons (Fsp3) is 0.650. The van der Waals surface area contributed by atoms with E-state index < -0.39 is 0 Å². The standard InChI is InChI=1S/C20H32FN3O3/c1-15(24-20(22-2)23-9-4-10-26-12-11-25-3)17-7-8-19(18(21)13-17)27-14-16-5-6-16/h7-8,13,15-16H,4-6,9-12,14H2,1-3H3,(H2,22,23,24). The van der Waals surface area contributed by atoms with Crippen LogP contribution in [0.5, 0.6) is 5.75 Å². The Balaban J connectivity index is 1.73. The van der Waals surface area contributed by atoms with Crippen LogP contribution in [-0.2, 0) is 9.47 Å². The number of hydrogen-bond acceptors (Lipinski definition) is 4. The fourth-order valence-corrected chi connectivity index (χ4v) is 2.50. The van der Waals surface area contributed by atoms with Crippen molar-refractivity contribution in [1.29, 1.82) is 0 Å². The van der Waals surface area contributed by atoms with E-state index in [0.29, 0.717) is 44.1 Å². The Labute approximate surface area is 161 Å². The molecule has 0 spiro atoms. The van der Waals surface area contributed by atoms with Crippen molar-refractivity contribution >= 4 is 5.96 Å². The maximum Gasteiger partial charge on any atom is 0.191 e. The van der Waals surface area contributed by atoms with Crippen LogP contribution in [0.15, 0.2) is 23.2 Å². The smallest absolute Gasteiger partial charge is 0.191 e. The topological polar surface area (TPSA) is 64.1 Å². The lowest BCUT2D eigenvalue weighted by atomic mass is 10.1. The van der Waals surface area contributed by atoms with Crippen molar-refractivity contribution in [2.24, 2.45) is 10.9 Å². The molecule has 1 fully saturated rings. The van der Waals surface area contributed by atoms with Gasteiger partial charge in [-0.25, -0.2) is 4.39 Å². The van der Waals surface area contributed by atoms with Crippen LogP contribution in [-0.4, -0.2) is 53.1 Å². The summed E-state index contributed by atoms with van der Waals surface area (Å²) in [5.41, 5.74) is 0.845. The SMILES string of the molecule is CN=C(NCCCOCCOC)NC(C)c1ccc(OCC2CC2)c(F)c1. The van der Waals surface area contributed by atoms with Crippen LogP contribution in [0.25, 0.3) is 0 Å². The second-order valence-electron chi connectivity index (χ2n) is 6.77. The first kappa shape index (κ1) is 21.4. The van der Waals surface area contributed by atoms with E-state index in [-0.39, 0.29) is 11.9 Å². The van der Waals surface area contributed by atoms with Gasteiger partial charge in [0.1, 0.15) is 0 Å². The first-order valence-corrected chi connectivity index (χ1v) is 9.60. The van der Waals surface area contributed by atoms with Gasteiger partial charge in [-0.3, -0.25) is 4.99 Å². The van der Waals surface area contributed by atoms with E-state index in [1.54, 1.807) is 20.2 Å². The quantitative estimate of drug-likeness (QED) is 0.331. The fourth-order valence-electron chi connectivity index (χ4n) is 2.50. The zero-order valence-electron chi connectivity index (χ0n) is 16.6. The van der Waals surface area contributed by atoms with Crippen molar-refractivity contribution in [1.82, 2.24) is 10.6 Å². The van der Waals surface area contributed by atoms with Crippen molar-refractivity contribution in [3.8, 4) is 5.75 Å². The van der Waals surface area contributed by atoms with Crippen LogP contribution in [0.2, 0.25) is 0 Å². The molecular weight excluding hydrogens is 349 g/mol. The minimum Gasteiger partial charge on any atom is -0.490 e. The number of nitrogens with one attached hydrogen (secondary N) is 2. The number of aliphatic imine (C=N–C) groups is 1. The van der Waals surface area contributed by atoms with E-state index in [1.165, 1.54) is 18.9 Å². The summed E-state index contributed by atoms with van der Waals surface area (Å²) in [6.07, 6.45) is 3.23. The number of ether oxygens (including phenoxy) is 3.